The summed E-state index contributed by atoms with van der Waals surface area (Å²) in [6.07, 6.45) is 0.665. The monoisotopic (exact) mass is 377 g/mol. The molecule has 28 heavy (non-hydrogen) atoms. The SMILES string of the molecule is COC(=O)c1ccc(CCNC(=O)c2c(C)nn(-c3ccccc3)c2C)cc1. The van der Waals surface area contributed by atoms with Crippen LogP contribution in [0, 0.1) is 13.8 Å². The third-order valence-corrected chi connectivity index (χ3v) is 4.59. The molecule has 3 aromatic rings. The van der Waals surface area contributed by atoms with Crippen LogP contribution in [-0.2, 0) is 11.2 Å². The van der Waals surface area contributed by atoms with Gasteiger partial charge in [0.25, 0.3) is 5.91 Å². The van der Waals surface area contributed by atoms with Gasteiger partial charge in [0, 0.05) is 6.54 Å². The fraction of sp³-hybridized carbons (Fsp3) is 0.227. The third-order valence-electron chi connectivity index (χ3n) is 4.59. The Hall–Kier alpha value is -3.41. The quantitative estimate of drug-likeness (QED) is 0.669. The van der Waals surface area contributed by atoms with Gasteiger partial charge in [-0.25, -0.2) is 9.48 Å². The van der Waals surface area contributed by atoms with E-state index in [2.05, 4.69) is 10.4 Å². The summed E-state index contributed by atoms with van der Waals surface area (Å²) < 4.78 is 6.48. The number of hydrogen-bond acceptors (Lipinski definition) is 4. The van der Waals surface area contributed by atoms with Gasteiger partial charge in [0.1, 0.15) is 0 Å². The molecule has 6 heteroatoms. The summed E-state index contributed by atoms with van der Waals surface area (Å²) in [7, 11) is 1.36. The zero-order chi connectivity index (χ0) is 20.1. The van der Waals surface area contributed by atoms with Gasteiger partial charge in [-0.3, -0.25) is 4.79 Å². The Balaban J connectivity index is 1.64. The molecule has 1 heterocycles. The van der Waals surface area contributed by atoms with Crippen LogP contribution in [0.15, 0.2) is 54.6 Å². The second-order valence-electron chi connectivity index (χ2n) is 6.49. The summed E-state index contributed by atoms with van der Waals surface area (Å²) in [5, 5.41) is 7.47. The molecule has 1 aromatic heterocycles. The standard InChI is InChI=1S/C22H23N3O3/c1-15-20(16(2)25(24-15)19-7-5-4-6-8-19)21(26)23-14-13-17-9-11-18(12-10-17)22(27)28-3/h4-12H,13-14H2,1-3H3,(H,23,26). The molecule has 0 spiro atoms. The highest BCUT2D eigenvalue weighted by Crippen LogP contribution is 2.17. The highest BCUT2D eigenvalue weighted by molar-refractivity contribution is 5.96. The van der Waals surface area contributed by atoms with Crippen molar-refractivity contribution < 1.29 is 14.3 Å². The molecule has 0 aliphatic rings. The Kier molecular flexibility index (Phi) is 5.89. The molecular formula is C22H23N3O3. The Morgan fingerprint density at radius 3 is 2.36 bits per heavy atom. The van der Waals surface area contributed by atoms with Crippen LogP contribution in [-0.4, -0.2) is 35.3 Å². The van der Waals surface area contributed by atoms with E-state index in [4.69, 9.17) is 4.74 Å². The Morgan fingerprint density at radius 2 is 1.71 bits per heavy atom. The van der Waals surface area contributed by atoms with E-state index >= 15 is 0 Å². The molecule has 0 atom stereocenters. The maximum absolute atomic E-state index is 12.7. The Bertz CT molecular complexity index is 976. The number of esters is 1. The van der Waals surface area contributed by atoms with E-state index in [9.17, 15) is 9.59 Å². The minimum atomic E-state index is -0.360. The zero-order valence-electron chi connectivity index (χ0n) is 16.2. The number of aryl methyl sites for hydroxylation is 1. The third kappa shape index (κ3) is 4.11. The van der Waals surface area contributed by atoms with Crippen LogP contribution in [0.3, 0.4) is 0 Å². The number of carbonyl (C=O) groups excluding carboxylic acids is 2. The first-order valence-corrected chi connectivity index (χ1v) is 9.08. The highest BCUT2D eigenvalue weighted by atomic mass is 16.5. The van der Waals surface area contributed by atoms with Crippen LogP contribution in [0.5, 0.6) is 0 Å². The molecule has 0 aliphatic carbocycles. The summed E-state index contributed by atoms with van der Waals surface area (Å²) >= 11 is 0. The van der Waals surface area contributed by atoms with Gasteiger partial charge in [0.15, 0.2) is 0 Å². The topological polar surface area (TPSA) is 73.2 Å². The highest BCUT2D eigenvalue weighted by Gasteiger charge is 2.19. The van der Waals surface area contributed by atoms with Gasteiger partial charge in [0.2, 0.25) is 0 Å². The number of hydrogen-bond donors (Lipinski definition) is 1. The van der Waals surface area contributed by atoms with Crippen molar-refractivity contribution in [2.75, 3.05) is 13.7 Å². The van der Waals surface area contributed by atoms with E-state index in [0.29, 0.717) is 29.8 Å². The van der Waals surface area contributed by atoms with Crippen molar-refractivity contribution in [3.8, 4) is 5.69 Å². The van der Waals surface area contributed by atoms with Gasteiger partial charge < -0.3 is 10.1 Å². The minimum Gasteiger partial charge on any atom is -0.465 e. The fourth-order valence-corrected chi connectivity index (χ4v) is 3.13. The number of nitrogens with zero attached hydrogens (tertiary/aromatic N) is 2. The van der Waals surface area contributed by atoms with E-state index in [-0.39, 0.29) is 11.9 Å². The van der Waals surface area contributed by atoms with Gasteiger partial charge >= 0.3 is 5.97 Å². The van der Waals surface area contributed by atoms with Crippen molar-refractivity contribution >= 4 is 11.9 Å². The second-order valence-corrected chi connectivity index (χ2v) is 6.49. The van der Waals surface area contributed by atoms with Crippen LogP contribution in [0.2, 0.25) is 0 Å². The first-order chi connectivity index (χ1) is 13.5. The van der Waals surface area contributed by atoms with E-state index in [1.54, 1.807) is 16.8 Å². The molecule has 0 saturated carbocycles. The molecule has 0 saturated heterocycles. The average molecular weight is 377 g/mol. The predicted molar refractivity (Wildman–Crippen MR) is 107 cm³/mol. The molecule has 1 N–H and O–H groups in total. The van der Waals surface area contributed by atoms with Gasteiger partial charge in [-0.05, 0) is 50.1 Å². The zero-order valence-corrected chi connectivity index (χ0v) is 16.2. The largest absolute Gasteiger partial charge is 0.465 e. The van der Waals surface area contributed by atoms with Crippen molar-refractivity contribution in [3.63, 3.8) is 0 Å². The molecular weight excluding hydrogens is 354 g/mol. The summed E-state index contributed by atoms with van der Waals surface area (Å²) in [6.45, 7) is 4.23. The van der Waals surface area contributed by atoms with Crippen LogP contribution in [0.4, 0.5) is 0 Å². The number of rotatable bonds is 6. The lowest BCUT2D eigenvalue weighted by Gasteiger charge is -2.07. The number of aromatic nitrogens is 2. The Morgan fingerprint density at radius 1 is 1.04 bits per heavy atom. The second kappa shape index (κ2) is 8.52. The number of carbonyl (C=O) groups is 2. The minimum absolute atomic E-state index is 0.136. The number of ether oxygens (including phenoxy) is 1. The lowest BCUT2D eigenvalue weighted by molar-refractivity contribution is 0.0600. The van der Waals surface area contributed by atoms with Crippen molar-refractivity contribution in [1.29, 1.82) is 0 Å². The van der Waals surface area contributed by atoms with Gasteiger partial charge in [-0.1, -0.05) is 30.3 Å². The summed E-state index contributed by atoms with van der Waals surface area (Å²) in [6, 6.07) is 16.9. The van der Waals surface area contributed by atoms with Gasteiger partial charge in [-0.15, -0.1) is 0 Å². The maximum atomic E-state index is 12.7. The molecule has 3 rings (SSSR count). The lowest BCUT2D eigenvalue weighted by Crippen LogP contribution is -2.26. The fourth-order valence-electron chi connectivity index (χ4n) is 3.13. The molecule has 6 nitrogen and oxygen atoms in total. The van der Waals surface area contributed by atoms with Crippen molar-refractivity contribution in [3.05, 3.63) is 82.7 Å². The summed E-state index contributed by atoms with van der Waals surface area (Å²) in [4.78, 5) is 24.1. The van der Waals surface area contributed by atoms with E-state index in [0.717, 1.165) is 16.9 Å². The molecule has 144 valence electrons. The first kappa shape index (κ1) is 19.4. The molecule has 2 aromatic carbocycles. The van der Waals surface area contributed by atoms with Crippen molar-refractivity contribution in [1.82, 2.24) is 15.1 Å². The number of benzene rings is 2. The first-order valence-electron chi connectivity index (χ1n) is 9.08. The number of amides is 1. The smallest absolute Gasteiger partial charge is 0.337 e. The van der Waals surface area contributed by atoms with Gasteiger partial charge in [-0.2, -0.15) is 5.10 Å². The van der Waals surface area contributed by atoms with E-state index in [1.165, 1.54) is 7.11 Å². The maximum Gasteiger partial charge on any atom is 0.337 e. The summed E-state index contributed by atoms with van der Waals surface area (Å²) in [5.74, 6) is -0.496. The molecule has 0 unspecified atom stereocenters. The van der Waals surface area contributed by atoms with Crippen molar-refractivity contribution in [2.24, 2.45) is 0 Å². The van der Waals surface area contributed by atoms with E-state index < -0.39 is 0 Å². The van der Waals surface area contributed by atoms with Gasteiger partial charge in [0.05, 0.1) is 35.3 Å². The molecule has 0 fully saturated rings. The number of nitrogens with one attached hydrogen (secondary N) is 1. The summed E-state index contributed by atoms with van der Waals surface area (Å²) in [5.41, 5.74) is 4.57. The molecule has 1 amide bonds. The number of para-hydroxylation sites is 1. The van der Waals surface area contributed by atoms with Crippen LogP contribution < -0.4 is 5.32 Å². The van der Waals surface area contributed by atoms with Crippen LogP contribution in [0.1, 0.15) is 37.7 Å². The van der Waals surface area contributed by atoms with Crippen LogP contribution >= 0.6 is 0 Å². The molecule has 0 aliphatic heterocycles. The van der Waals surface area contributed by atoms with E-state index in [1.807, 2.05) is 56.3 Å². The predicted octanol–water partition coefficient (Wildman–Crippen LogP) is 3.25. The number of methoxy groups -OCH3 is 1. The lowest BCUT2D eigenvalue weighted by atomic mass is 10.1. The molecule has 0 bridgehead atoms. The van der Waals surface area contributed by atoms with Crippen LogP contribution in [0.25, 0.3) is 5.69 Å². The molecule has 0 radical (unpaired) electrons. The normalized spacial score (nSPS) is 10.5. The average Bonchev–Trinajstić information content (AvgIpc) is 3.02. The van der Waals surface area contributed by atoms with Crippen molar-refractivity contribution in [2.45, 2.75) is 20.3 Å². The Labute approximate surface area is 164 Å².